The molecule has 0 radical (unpaired) electrons. The SMILES string of the molecule is CNCc1ccccc1CN1CCC(C)CC1. The van der Waals surface area contributed by atoms with Crippen LogP contribution in [0.25, 0.3) is 0 Å². The Labute approximate surface area is 105 Å². The molecule has 1 aliphatic heterocycles. The van der Waals surface area contributed by atoms with E-state index in [1.165, 1.54) is 37.1 Å². The molecule has 0 amide bonds. The number of rotatable bonds is 4. The van der Waals surface area contributed by atoms with Crippen LogP contribution in [-0.4, -0.2) is 25.0 Å². The van der Waals surface area contributed by atoms with E-state index in [1.807, 2.05) is 7.05 Å². The minimum absolute atomic E-state index is 0.916. The number of piperidine rings is 1. The second kappa shape index (κ2) is 6.18. The predicted octanol–water partition coefficient (Wildman–Crippen LogP) is 2.64. The van der Waals surface area contributed by atoms with E-state index < -0.39 is 0 Å². The van der Waals surface area contributed by atoms with Gasteiger partial charge in [-0.05, 0) is 50.0 Å². The molecule has 0 spiro atoms. The van der Waals surface area contributed by atoms with E-state index in [-0.39, 0.29) is 0 Å². The van der Waals surface area contributed by atoms with Gasteiger partial charge in [-0.25, -0.2) is 0 Å². The molecule has 0 unspecified atom stereocenters. The van der Waals surface area contributed by atoms with Crippen LogP contribution in [0.15, 0.2) is 24.3 Å². The zero-order valence-corrected chi connectivity index (χ0v) is 11.1. The number of likely N-dealkylation sites (tertiary alicyclic amines) is 1. The molecular weight excluding hydrogens is 208 g/mol. The Hall–Kier alpha value is -0.860. The molecule has 0 aliphatic carbocycles. The fourth-order valence-electron chi connectivity index (χ4n) is 2.54. The van der Waals surface area contributed by atoms with Gasteiger partial charge in [-0.1, -0.05) is 31.2 Å². The van der Waals surface area contributed by atoms with Crippen molar-refractivity contribution in [3.8, 4) is 0 Å². The standard InChI is InChI=1S/C15H24N2/c1-13-7-9-17(10-8-13)12-15-6-4-3-5-14(15)11-16-2/h3-6,13,16H,7-12H2,1-2H3. The zero-order valence-electron chi connectivity index (χ0n) is 11.1. The van der Waals surface area contributed by atoms with Gasteiger partial charge in [0.1, 0.15) is 0 Å². The molecule has 2 rings (SSSR count). The second-order valence-electron chi connectivity index (χ2n) is 5.26. The van der Waals surface area contributed by atoms with Gasteiger partial charge in [0.15, 0.2) is 0 Å². The highest BCUT2D eigenvalue weighted by atomic mass is 15.1. The van der Waals surface area contributed by atoms with Crippen molar-refractivity contribution in [2.24, 2.45) is 5.92 Å². The van der Waals surface area contributed by atoms with E-state index >= 15 is 0 Å². The summed E-state index contributed by atoms with van der Waals surface area (Å²) in [4.78, 5) is 2.59. The quantitative estimate of drug-likeness (QED) is 0.858. The van der Waals surface area contributed by atoms with Gasteiger partial charge in [-0.2, -0.15) is 0 Å². The molecule has 0 saturated carbocycles. The lowest BCUT2D eigenvalue weighted by molar-refractivity contribution is 0.185. The molecule has 1 aromatic carbocycles. The Morgan fingerprint density at radius 1 is 1.18 bits per heavy atom. The molecule has 1 saturated heterocycles. The molecule has 0 aromatic heterocycles. The number of nitrogens with zero attached hydrogens (tertiary/aromatic N) is 1. The third-order valence-corrected chi connectivity index (χ3v) is 3.76. The van der Waals surface area contributed by atoms with E-state index in [4.69, 9.17) is 0 Å². The number of benzene rings is 1. The van der Waals surface area contributed by atoms with E-state index in [9.17, 15) is 0 Å². The fourth-order valence-corrected chi connectivity index (χ4v) is 2.54. The van der Waals surface area contributed by atoms with Crippen molar-refractivity contribution >= 4 is 0 Å². The van der Waals surface area contributed by atoms with E-state index in [0.717, 1.165) is 19.0 Å². The highest BCUT2D eigenvalue weighted by Crippen LogP contribution is 2.19. The molecule has 2 heteroatoms. The van der Waals surface area contributed by atoms with Crippen molar-refractivity contribution < 1.29 is 0 Å². The summed E-state index contributed by atoms with van der Waals surface area (Å²) in [7, 11) is 2.01. The lowest BCUT2D eigenvalue weighted by atomic mass is 9.98. The van der Waals surface area contributed by atoms with Gasteiger partial charge in [0.2, 0.25) is 0 Å². The highest BCUT2D eigenvalue weighted by Gasteiger charge is 2.16. The lowest BCUT2D eigenvalue weighted by Gasteiger charge is -2.30. The maximum atomic E-state index is 3.25. The van der Waals surface area contributed by atoms with Crippen LogP contribution in [0.2, 0.25) is 0 Å². The van der Waals surface area contributed by atoms with Gasteiger partial charge >= 0.3 is 0 Å². The minimum Gasteiger partial charge on any atom is -0.316 e. The van der Waals surface area contributed by atoms with Crippen LogP contribution in [-0.2, 0) is 13.1 Å². The van der Waals surface area contributed by atoms with Crippen LogP contribution >= 0.6 is 0 Å². The van der Waals surface area contributed by atoms with E-state index in [2.05, 4.69) is 41.4 Å². The van der Waals surface area contributed by atoms with Crippen LogP contribution in [0.4, 0.5) is 0 Å². The van der Waals surface area contributed by atoms with Gasteiger partial charge in [-0.15, -0.1) is 0 Å². The zero-order chi connectivity index (χ0) is 12.1. The van der Waals surface area contributed by atoms with Gasteiger partial charge in [0.05, 0.1) is 0 Å². The molecule has 94 valence electrons. The molecule has 1 N–H and O–H groups in total. The summed E-state index contributed by atoms with van der Waals surface area (Å²) >= 11 is 0. The molecule has 1 aliphatic rings. The number of hydrogen-bond acceptors (Lipinski definition) is 2. The van der Waals surface area contributed by atoms with Crippen molar-refractivity contribution in [3.63, 3.8) is 0 Å². The molecule has 1 fully saturated rings. The Bertz CT molecular complexity index is 341. The molecule has 17 heavy (non-hydrogen) atoms. The average molecular weight is 232 g/mol. The van der Waals surface area contributed by atoms with Crippen molar-refractivity contribution in [2.75, 3.05) is 20.1 Å². The molecule has 1 heterocycles. The Morgan fingerprint density at radius 2 is 1.82 bits per heavy atom. The third kappa shape index (κ3) is 3.55. The van der Waals surface area contributed by atoms with E-state index in [0.29, 0.717) is 0 Å². The summed E-state index contributed by atoms with van der Waals surface area (Å²) in [6, 6.07) is 8.79. The fraction of sp³-hybridized carbons (Fsp3) is 0.600. The molecule has 0 atom stereocenters. The normalized spacial score (nSPS) is 18.5. The molecule has 0 bridgehead atoms. The monoisotopic (exact) mass is 232 g/mol. The summed E-state index contributed by atoms with van der Waals surface area (Å²) in [5, 5.41) is 3.25. The largest absolute Gasteiger partial charge is 0.316 e. The maximum Gasteiger partial charge on any atom is 0.0236 e. The first kappa shape index (κ1) is 12.6. The van der Waals surface area contributed by atoms with Crippen molar-refractivity contribution in [2.45, 2.75) is 32.9 Å². The topological polar surface area (TPSA) is 15.3 Å². The van der Waals surface area contributed by atoms with Crippen LogP contribution in [0.3, 0.4) is 0 Å². The smallest absolute Gasteiger partial charge is 0.0236 e. The summed E-state index contributed by atoms with van der Waals surface area (Å²) in [5.41, 5.74) is 2.92. The Morgan fingerprint density at radius 3 is 2.47 bits per heavy atom. The van der Waals surface area contributed by atoms with Gasteiger partial charge in [-0.3, -0.25) is 4.90 Å². The summed E-state index contributed by atoms with van der Waals surface area (Å²) < 4.78 is 0. The summed E-state index contributed by atoms with van der Waals surface area (Å²) in [6.45, 7) is 6.97. The first-order valence-corrected chi connectivity index (χ1v) is 6.73. The first-order valence-electron chi connectivity index (χ1n) is 6.73. The second-order valence-corrected chi connectivity index (χ2v) is 5.26. The number of nitrogens with one attached hydrogen (secondary N) is 1. The van der Waals surface area contributed by atoms with Crippen LogP contribution in [0.5, 0.6) is 0 Å². The Balaban J connectivity index is 1.98. The van der Waals surface area contributed by atoms with Crippen molar-refractivity contribution in [3.05, 3.63) is 35.4 Å². The van der Waals surface area contributed by atoms with Crippen molar-refractivity contribution in [1.29, 1.82) is 0 Å². The summed E-state index contributed by atoms with van der Waals surface area (Å²) in [6.07, 6.45) is 2.71. The van der Waals surface area contributed by atoms with Crippen LogP contribution in [0, 0.1) is 5.92 Å². The molecule has 1 aromatic rings. The third-order valence-electron chi connectivity index (χ3n) is 3.76. The van der Waals surface area contributed by atoms with Gasteiger partial charge in [0, 0.05) is 13.1 Å². The van der Waals surface area contributed by atoms with Crippen LogP contribution in [0.1, 0.15) is 30.9 Å². The minimum atomic E-state index is 0.916. The first-order chi connectivity index (χ1) is 8.29. The number of hydrogen-bond donors (Lipinski definition) is 1. The summed E-state index contributed by atoms with van der Waals surface area (Å²) in [5.74, 6) is 0.916. The Kier molecular flexibility index (Phi) is 4.57. The van der Waals surface area contributed by atoms with Gasteiger partial charge in [0.25, 0.3) is 0 Å². The predicted molar refractivity (Wildman–Crippen MR) is 72.9 cm³/mol. The maximum absolute atomic E-state index is 3.25. The van der Waals surface area contributed by atoms with Gasteiger partial charge < -0.3 is 5.32 Å². The van der Waals surface area contributed by atoms with E-state index in [1.54, 1.807) is 0 Å². The highest BCUT2D eigenvalue weighted by molar-refractivity contribution is 5.27. The average Bonchev–Trinajstić information content (AvgIpc) is 2.35. The van der Waals surface area contributed by atoms with Crippen LogP contribution < -0.4 is 5.32 Å². The van der Waals surface area contributed by atoms with Crippen molar-refractivity contribution in [1.82, 2.24) is 10.2 Å². The molecular formula is C15H24N2. The lowest BCUT2D eigenvalue weighted by Crippen LogP contribution is -2.32. The molecule has 2 nitrogen and oxygen atoms in total.